The zero-order valence-electron chi connectivity index (χ0n) is 6.31. The van der Waals surface area contributed by atoms with Gasteiger partial charge in [-0.15, -0.1) is 0 Å². The summed E-state index contributed by atoms with van der Waals surface area (Å²) in [5.41, 5.74) is 0.326. The zero-order valence-corrected chi connectivity index (χ0v) is 6.31. The molecule has 0 heterocycles. The second kappa shape index (κ2) is 3.84. The van der Waals surface area contributed by atoms with Crippen molar-refractivity contribution in [3.05, 3.63) is 35.9 Å². The summed E-state index contributed by atoms with van der Waals surface area (Å²) in [6, 6.07) is 9.57. The molecule has 2 atom stereocenters. The van der Waals surface area contributed by atoms with Gasteiger partial charge in [0.2, 0.25) is 0 Å². The minimum absolute atomic E-state index is 0.326. The monoisotopic (exact) mass is 165 g/mol. The van der Waals surface area contributed by atoms with E-state index in [2.05, 4.69) is 0 Å². The molecule has 0 aromatic heterocycles. The van der Waals surface area contributed by atoms with E-state index in [1.165, 1.54) is 18.2 Å². The number of rotatable bonds is 2. The van der Waals surface area contributed by atoms with Gasteiger partial charge in [-0.1, -0.05) is 30.3 Å². The number of aliphatic hydroxyl groups excluding tert-OH is 1. The van der Waals surface area contributed by atoms with E-state index in [9.17, 15) is 4.39 Å². The van der Waals surface area contributed by atoms with Gasteiger partial charge >= 0.3 is 0 Å². The Bertz CT molecular complexity index is 280. The normalized spacial score (nSPS) is 14.8. The maximum Gasteiger partial charge on any atom is 0.175 e. The van der Waals surface area contributed by atoms with Gasteiger partial charge < -0.3 is 5.11 Å². The zero-order chi connectivity index (χ0) is 8.97. The van der Waals surface area contributed by atoms with Gasteiger partial charge in [0, 0.05) is 0 Å². The highest BCUT2D eigenvalue weighted by Crippen LogP contribution is 2.20. The molecular weight excluding hydrogens is 157 g/mol. The molecule has 1 rings (SSSR count). The van der Waals surface area contributed by atoms with Crippen LogP contribution >= 0.6 is 0 Å². The van der Waals surface area contributed by atoms with Gasteiger partial charge in [0.15, 0.2) is 12.3 Å². The van der Waals surface area contributed by atoms with E-state index in [-0.39, 0.29) is 0 Å². The van der Waals surface area contributed by atoms with E-state index in [0.29, 0.717) is 5.56 Å². The first-order valence-electron chi connectivity index (χ1n) is 3.52. The lowest BCUT2D eigenvalue weighted by molar-refractivity contribution is 0.122. The van der Waals surface area contributed by atoms with Crippen molar-refractivity contribution in [1.82, 2.24) is 0 Å². The molecule has 62 valence electrons. The second-order valence-corrected chi connectivity index (χ2v) is 2.39. The first kappa shape index (κ1) is 8.69. The van der Waals surface area contributed by atoms with E-state index in [0.717, 1.165) is 0 Å². The van der Waals surface area contributed by atoms with E-state index < -0.39 is 12.3 Å². The number of nitrogens with zero attached hydrogens (tertiary/aromatic N) is 1. The second-order valence-electron chi connectivity index (χ2n) is 2.39. The van der Waals surface area contributed by atoms with Crippen LogP contribution < -0.4 is 0 Å². The van der Waals surface area contributed by atoms with Crippen molar-refractivity contribution >= 4 is 0 Å². The molecule has 0 saturated heterocycles. The molecule has 3 heteroatoms. The molecule has 0 fully saturated rings. The Morgan fingerprint density at radius 3 is 2.42 bits per heavy atom. The van der Waals surface area contributed by atoms with Crippen molar-refractivity contribution in [2.45, 2.75) is 12.3 Å². The number of nitriles is 1. The summed E-state index contributed by atoms with van der Waals surface area (Å²) < 4.78 is 13.1. The number of aliphatic hydroxyl groups is 1. The Morgan fingerprint density at radius 1 is 1.33 bits per heavy atom. The maximum atomic E-state index is 13.1. The first-order valence-corrected chi connectivity index (χ1v) is 3.52. The molecule has 0 bridgehead atoms. The highest BCUT2D eigenvalue weighted by atomic mass is 19.1. The fourth-order valence-corrected chi connectivity index (χ4v) is 0.885. The van der Waals surface area contributed by atoms with Gasteiger partial charge in [-0.25, -0.2) is 4.39 Å². The van der Waals surface area contributed by atoms with Crippen molar-refractivity contribution in [2.75, 3.05) is 0 Å². The summed E-state index contributed by atoms with van der Waals surface area (Å²) in [4.78, 5) is 0. The summed E-state index contributed by atoms with van der Waals surface area (Å²) >= 11 is 0. The largest absolute Gasteiger partial charge is 0.375 e. The molecule has 1 aromatic carbocycles. The summed E-state index contributed by atoms with van der Waals surface area (Å²) in [6.07, 6.45) is -3.19. The van der Waals surface area contributed by atoms with Crippen LogP contribution in [0.15, 0.2) is 30.3 Å². The van der Waals surface area contributed by atoms with Crippen LogP contribution in [0.25, 0.3) is 0 Å². The Balaban J connectivity index is 2.80. The molecule has 12 heavy (non-hydrogen) atoms. The average Bonchev–Trinajstić information content (AvgIpc) is 2.17. The Morgan fingerprint density at radius 2 is 1.92 bits per heavy atom. The van der Waals surface area contributed by atoms with Crippen LogP contribution in [0.2, 0.25) is 0 Å². The van der Waals surface area contributed by atoms with Crippen molar-refractivity contribution < 1.29 is 9.50 Å². The van der Waals surface area contributed by atoms with Crippen LogP contribution in [0.3, 0.4) is 0 Å². The lowest BCUT2D eigenvalue weighted by Gasteiger charge is -2.08. The van der Waals surface area contributed by atoms with Crippen LogP contribution in [-0.4, -0.2) is 11.2 Å². The number of hydrogen-bond donors (Lipinski definition) is 1. The number of alkyl halides is 1. The van der Waals surface area contributed by atoms with E-state index >= 15 is 0 Å². The van der Waals surface area contributed by atoms with Gasteiger partial charge in [0.25, 0.3) is 0 Å². The molecule has 2 nitrogen and oxygen atoms in total. The predicted molar refractivity (Wildman–Crippen MR) is 41.9 cm³/mol. The van der Waals surface area contributed by atoms with Crippen LogP contribution in [0.4, 0.5) is 4.39 Å². The van der Waals surface area contributed by atoms with Crippen LogP contribution in [0.5, 0.6) is 0 Å². The molecule has 0 radical (unpaired) electrons. The number of hydrogen-bond acceptors (Lipinski definition) is 2. The van der Waals surface area contributed by atoms with Crippen molar-refractivity contribution in [2.24, 2.45) is 0 Å². The quantitative estimate of drug-likeness (QED) is 0.676. The van der Waals surface area contributed by atoms with Crippen molar-refractivity contribution in [1.29, 1.82) is 5.26 Å². The Labute approximate surface area is 69.9 Å². The third kappa shape index (κ3) is 1.80. The van der Waals surface area contributed by atoms with Gasteiger partial charge in [-0.3, -0.25) is 0 Å². The van der Waals surface area contributed by atoms with Crippen LogP contribution in [0, 0.1) is 11.3 Å². The SMILES string of the molecule is N#CC(O)C(F)c1ccccc1. The predicted octanol–water partition coefficient (Wildman–Crippen LogP) is 1.58. The minimum atomic E-state index is -1.61. The highest BCUT2D eigenvalue weighted by Gasteiger charge is 2.18. The van der Waals surface area contributed by atoms with Gasteiger partial charge in [-0.2, -0.15) is 5.26 Å². The summed E-state index contributed by atoms with van der Waals surface area (Å²) in [7, 11) is 0. The third-order valence-corrected chi connectivity index (χ3v) is 1.53. The maximum absolute atomic E-state index is 13.1. The minimum Gasteiger partial charge on any atom is -0.375 e. The standard InChI is InChI=1S/C9H8FNO/c10-9(8(12)6-11)7-4-2-1-3-5-7/h1-5,8-9,12H. The van der Waals surface area contributed by atoms with Gasteiger partial charge in [0.1, 0.15) is 0 Å². The molecule has 0 aliphatic rings. The van der Waals surface area contributed by atoms with Crippen molar-refractivity contribution in [3.63, 3.8) is 0 Å². The lowest BCUT2D eigenvalue weighted by atomic mass is 10.1. The molecule has 0 amide bonds. The molecule has 1 N–H and O–H groups in total. The topological polar surface area (TPSA) is 44.0 Å². The number of benzene rings is 1. The molecule has 0 aliphatic carbocycles. The summed E-state index contributed by atoms with van der Waals surface area (Å²) in [5, 5.41) is 17.1. The lowest BCUT2D eigenvalue weighted by Crippen LogP contribution is -2.11. The molecular formula is C9H8FNO. The average molecular weight is 165 g/mol. The van der Waals surface area contributed by atoms with Gasteiger partial charge in [0.05, 0.1) is 6.07 Å². The van der Waals surface area contributed by atoms with Crippen LogP contribution in [0.1, 0.15) is 11.7 Å². The van der Waals surface area contributed by atoms with E-state index in [4.69, 9.17) is 10.4 Å². The fraction of sp³-hybridized carbons (Fsp3) is 0.222. The highest BCUT2D eigenvalue weighted by molar-refractivity contribution is 5.20. The fourth-order valence-electron chi connectivity index (χ4n) is 0.885. The molecule has 0 saturated carbocycles. The summed E-state index contributed by atoms with van der Waals surface area (Å²) in [5.74, 6) is 0. The number of halogens is 1. The molecule has 2 unspecified atom stereocenters. The molecule has 0 aliphatic heterocycles. The van der Waals surface area contributed by atoms with Crippen LogP contribution in [-0.2, 0) is 0 Å². The first-order chi connectivity index (χ1) is 5.75. The molecule has 0 spiro atoms. The van der Waals surface area contributed by atoms with Gasteiger partial charge in [-0.05, 0) is 5.56 Å². The van der Waals surface area contributed by atoms with Crippen molar-refractivity contribution in [3.8, 4) is 6.07 Å². The van der Waals surface area contributed by atoms with E-state index in [1.54, 1.807) is 18.2 Å². The smallest absolute Gasteiger partial charge is 0.175 e. The Kier molecular flexibility index (Phi) is 2.78. The Hall–Kier alpha value is -1.40. The molecule has 1 aromatic rings. The summed E-state index contributed by atoms with van der Waals surface area (Å²) in [6.45, 7) is 0. The third-order valence-electron chi connectivity index (χ3n) is 1.53. The van der Waals surface area contributed by atoms with E-state index in [1.807, 2.05) is 0 Å².